The monoisotopic (exact) mass is 630 g/mol. The van der Waals surface area contributed by atoms with Gasteiger partial charge in [0.25, 0.3) is 8.32 Å². The van der Waals surface area contributed by atoms with E-state index in [-0.39, 0.29) is 16.2 Å². The lowest BCUT2D eigenvalue weighted by Gasteiger charge is -2.43. The summed E-state index contributed by atoms with van der Waals surface area (Å²) in [5, 5.41) is 14.3. The molecular weight excluding hydrogens is 569 g/mol. The average Bonchev–Trinajstić information content (AvgIpc) is 3.74. The number of allylic oxidation sites excluding steroid dienone is 5. The van der Waals surface area contributed by atoms with Crippen LogP contribution in [0.1, 0.15) is 91.9 Å². The molecule has 0 saturated heterocycles. The minimum absolute atomic E-state index is 0.0000321. The van der Waals surface area contributed by atoms with Crippen molar-refractivity contribution in [1.29, 1.82) is 0 Å². The normalized spacial score (nSPS) is 20.2. The van der Waals surface area contributed by atoms with Gasteiger partial charge in [0.05, 0.1) is 14.2 Å². The van der Waals surface area contributed by atoms with Crippen LogP contribution in [-0.4, -0.2) is 34.2 Å². The van der Waals surface area contributed by atoms with Crippen LogP contribution in [0.25, 0.3) is 0 Å². The third-order valence-electron chi connectivity index (χ3n) is 9.95. The Labute approximate surface area is 272 Å². The van der Waals surface area contributed by atoms with E-state index in [0.29, 0.717) is 5.92 Å². The summed E-state index contributed by atoms with van der Waals surface area (Å²) in [7, 11) is -4.07. The minimum atomic E-state index is -2.50. The Morgan fingerprint density at radius 3 is 1.89 bits per heavy atom. The van der Waals surface area contributed by atoms with Crippen LogP contribution in [0.5, 0.6) is 0 Å². The molecule has 0 aliphatic heterocycles. The number of aliphatic hydroxyl groups is 1. The van der Waals surface area contributed by atoms with Crippen molar-refractivity contribution in [2.24, 2.45) is 5.92 Å². The number of hydrogen-bond acceptors (Lipinski definition) is 2. The van der Waals surface area contributed by atoms with Gasteiger partial charge in [-0.3, -0.25) is 0 Å². The Balaban J connectivity index is 1.56. The Bertz CT molecular complexity index is 1130. The van der Waals surface area contributed by atoms with E-state index in [0.717, 1.165) is 38.7 Å². The maximum atomic E-state index is 11.5. The molecule has 1 aliphatic rings. The van der Waals surface area contributed by atoms with E-state index < -0.39 is 16.4 Å². The molecule has 0 spiro atoms. The summed E-state index contributed by atoms with van der Waals surface area (Å²) in [6, 6.07) is 21.9. The SMILES string of the molecule is CCCCCC=CCC=CCC=CCC(O)C1([Si](C)(C)C)CC1CCCO[Si](c1ccccc1)(c1ccccc1)C(C)(C)C. The van der Waals surface area contributed by atoms with Gasteiger partial charge < -0.3 is 9.53 Å². The summed E-state index contributed by atoms with van der Waals surface area (Å²) in [6.07, 6.45) is 24.5. The molecule has 2 aromatic carbocycles. The van der Waals surface area contributed by atoms with E-state index in [4.69, 9.17) is 4.43 Å². The molecule has 2 nitrogen and oxygen atoms in total. The van der Waals surface area contributed by atoms with Crippen molar-refractivity contribution in [2.75, 3.05) is 6.61 Å². The van der Waals surface area contributed by atoms with Crippen LogP contribution in [0.15, 0.2) is 97.1 Å². The van der Waals surface area contributed by atoms with E-state index in [1.54, 1.807) is 0 Å². The summed E-state index contributed by atoms with van der Waals surface area (Å²) in [4.78, 5) is 0. The predicted octanol–water partition coefficient (Wildman–Crippen LogP) is 10.2. The highest BCUT2D eigenvalue weighted by Crippen LogP contribution is 2.70. The van der Waals surface area contributed by atoms with Crippen LogP contribution in [0.4, 0.5) is 0 Å². The van der Waals surface area contributed by atoms with Gasteiger partial charge in [0.1, 0.15) is 0 Å². The molecule has 4 heteroatoms. The van der Waals surface area contributed by atoms with E-state index >= 15 is 0 Å². The Morgan fingerprint density at radius 2 is 1.36 bits per heavy atom. The Hall–Kier alpha value is -1.99. The molecule has 0 heterocycles. The summed E-state index contributed by atoms with van der Waals surface area (Å²) >= 11 is 0. The van der Waals surface area contributed by atoms with Gasteiger partial charge in [0, 0.05) is 6.61 Å². The van der Waals surface area contributed by atoms with E-state index in [2.05, 4.69) is 144 Å². The fourth-order valence-electron chi connectivity index (χ4n) is 7.46. The van der Waals surface area contributed by atoms with Crippen molar-refractivity contribution in [3.05, 3.63) is 97.1 Å². The second kappa shape index (κ2) is 17.1. The zero-order chi connectivity index (χ0) is 32.1. The molecule has 0 radical (unpaired) electrons. The summed E-state index contributed by atoms with van der Waals surface area (Å²) < 4.78 is 7.17. The van der Waals surface area contributed by atoms with Gasteiger partial charge in [-0.05, 0) is 77.7 Å². The van der Waals surface area contributed by atoms with Crippen molar-refractivity contribution in [2.45, 2.75) is 128 Å². The summed E-state index contributed by atoms with van der Waals surface area (Å²) in [5.74, 6) is 0.601. The highest BCUT2D eigenvalue weighted by atomic mass is 28.4. The molecular formula is C40H62O2Si2. The van der Waals surface area contributed by atoms with E-state index in [1.807, 2.05) is 0 Å². The second-order valence-corrected chi connectivity index (χ2v) is 24.7. The van der Waals surface area contributed by atoms with Crippen LogP contribution >= 0.6 is 0 Å². The first-order chi connectivity index (χ1) is 21.0. The lowest BCUT2D eigenvalue weighted by Crippen LogP contribution is -2.66. The lowest BCUT2D eigenvalue weighted by atomic mass is 10.1. The van der Waals surface area contributed by atoms with Gasteiger partial charge in [-0.1, -0.05) is 157 Å². The topological polar surface area (TPSA) is 29.5 Å². The molecule has 1 fully saturated rings. The number of unbranched alkanes of at least 4 members (excludes halogenated alkanes) is 3. The number of aliphatic hydroxyl groups excluding tert-OH is 1. The van der Waals surface area contributed by atoms with Gasteiger partial charge in [-0.2, -0.15) is 0 Å². The lowest BCUT2D eigenvalue weighted by molar-refractivity contribution is 0.149. The molecule has 3 unspecified atom stereocenters. The standard InChI is InChI=1S/C40H62O2Si2/c1-8-9-10-11-12-13-14-15-16-17-18-25-32-38(41)40(43(5,6)7)34-35(40)27-26-33-42-44(39(2,3)4,36-28-21-19-22-29-36)37-30-23-20-24-31-37/h12-13,15-16,18-25,28-31,35,38,41H,8-11,14,17,26-27,32-34H2,1-7H3. The molecule has 0 amide bonds. The molecule has 3 atom stereocenters. The molecule has 1 N–H and O–H groups in total. The van der Waals surface area contributed by atoms with Crippen molar-refractivity contribution >= 4 is 26.8 Å². The fraction of sp³-hybridized carbons (Fsp3) is 0.550. The van der Waals surface area contributed by atoms with Crippen molar-refractivity contribution in [3.8, 4) is 0 Å². The fourth-order valence-corrected chi connectivity index (χ4v) is 15.4. The molecule has 0 aromatic heterocycles. The summed E-state index contributed by atoms with van der Waals surface area (Å²) in [5.41, 5.74) is 0. The largest absolute Gasteiger partial charge is 0.407 e. The zero-order valence-corrected chi connectivity index (χ0v) is 31.0. The highest BCUT2D eigenvalue weighted by molar-refractivity contribution is 6.99. The quantitative estimate of drug-likeness (QED) is 0.0951. The first-order valence-corrected chi connectivity index (χ1v) is 22.8. The van der Waals surface area contributed by atoms with Crippen LogP contribution < -0.4 is 10.4 Å². The predicted molar refractivity (Wildman–Crippen MR) is 198 cm³/mol. The number of benzene rings is 2. The highest BCUT2D eigenvalue weighted by Gasteiger charge is 2.64. The first kappa shape index (κ1) is 36.5. The number of rotatable bonds is 19. The summed E-state index contributed by atoms with van der Waals surface area (Å²) in [6.45, 7) is 17.4. The van der Waals surface area contributed by atoms with Crippen molar-refractivity contribution in [3.63, 3.8) is 0 Å². The van der Waals surface area contributed by atoms with Crippen LogP contribution in [-0.2, 0) is 4.43 Å². The van der Waals surface area contributed by atoms with Crippen LogP contribution in [0.3, 0.4) is 0 Å². The van der Waals surface area contributed by atoms with E-state index in [9.17, 15) is 5.11 Å². The Kier molecular flexibility index (Phi) is 14.2. The van der Waals surface area contributed by atoms with E-state index in [1.165, 1.54) is 42.5 Å². The van der Waals surface area contributed by atoms with Crippen molar-refractivity contribution in [1.82, 2.24) is 0 Å². The number of hydrogen-bond donors (Lipinski definition) is 1. The van der Waals surface area contributed by atoms with Gasteiger partial charge in [0.15, 0.2) is 0 Å². The average molecular weight is 631 g/mol. The van der Waals surface area contributed by atoms with Crippen LogP contribution in [0, 0.1) is 5.92 Å². The third kappa shape index (κ3) is 9.28. The molecule has 242 valence electrons. The maximum absolute atomic E-state index is 11.5. The van der Waals surface area contributed by atoms with Gasteiger partial charge >= 0.3 is 0 Å². The van der Waals surface area contributed by atoms with Gasteiger partial charge in [-0.15, -0.1) is 0 Å². The maximum Gasteiger partial charge on any atom is 0.261 e. The molecule has 1 aliphatic carbocycles. The second-order valence-electron chi connectivity index (χ2n) is 15.0. The smallest absolute Gasteiger partial charge is 0.261 e. The molecule has 3 rings (SSSR count). The molecule has 1 saturated carbocycles. The van der Waals surface area contributed by atoms with Crippen LogP contribution in [0.2, 0.25) is 29.7 Å². The molecule has 2 aromatic rings. The zero-order valence-electron chi connectivity index (χ0n) is 29.0. The van der Waals surface area contributed by atoms with Crippen molar-refractivity contribution < 1.29 is 9.53 Å². The van der Waals surface area contributed by atoms with Gasteiger partial charge in [0.2, 0.25) is 0 Å². The molecule has 0 bridgehead atoms. The molecule has 44 heavy (non-hydrogen) atoms. The van der Waals surface area contributed by atoms with Gasteiger partial charge in [-0.25, -0.2) is 0 Å². The third-order valence-corrected chi connectivity index (χ3v) is 18.7. The minimum Gasteiger partial charge on any atom is -0.407 e. The first-order valence-electron chi connectivity index (χ1n) is 17.4. The Morgan fingerprint density at radius 1 is 0.818 bits per heavy atom.